The Morgan fingerprint density at radius 1 is 0.824 bits per heavy atom. The van der Waals surface area contributed by atoms with E-state index in [0.29, 0.717) is 5.56 Å². The molecule has 0 N–H and O–H groups in total. The third kappa shape index (κ3) is 1.72. The van der Waals surface area contributed by atoms with Crippen LogP contribution in [0, 0.1) is 36.0 Å². The number of hydrogen-bond acceptors (Lipinski definition) is 1. The summed E-state index contributed by atoms with van der Waals surface area (Å²) >= 11 is 0.918. The quantitative estimate of drug-likeness (QED) is 0.406. The first-order chi connectivity index (χ1) is 7.95. The molecule has 0 atom stereocenters. The smallest absolute Gasteiger partial charge is 0.200 e. The molecule has 90 valence electrons. The van der Waals surface area contributed by atoms with Crippen LogP contribution in [0.5, 0.6) is 0 Å². The standard InChI is InChI=1S/C11H5F5S/c1-4-2-3-17-11(4)5-6(12)8(14)10(16)9(15)7(5)13/h2-3H,1H3. The molecule has 2 rings (SSSR count). The molecular weight excluding hydrogens is 259 g/mol. The maximum absolute atomic E-state index is 13.4. The van der Waals surface area contributed by atoms with Crippen LogP contribution in [0.4, 0.5) is 22.0 Å². The molecule has 0 aliphatic carbocycles. The van der Waals surface area contributed by atoms with E-state index in [1.807, 2.05) is 0 Å². The molecule has 0 saturated heterocycles. The summed E-state index contributed by atoms with van der Waals surface area (Å²) in [5.41, 5.74) is -0.410. The van der Waals surface area contributed by atoms with Crippen molar-refractivity contribution in [3.05, 3.63) is 46.1 Å². The number of benzene rings is 1. The molecule has 0 bridgehead atoms. The van der Waals surface area contributed by atoms with Gasteiger partial charge in [-0.1, -0.05) is 0 Å². The van der Waals surface area contributed by atoms with E-state index in [0.717, 1.165) is 11.3 Å². The van der Waals surface area contributed by atoms with Crippen LogP contribution in [0.3, 0.4) is 0 Å². The van der Waals surface area contributed by atoms with Crippen LogP contribution in [0.2, 0.25) is 0 Å². The zero-order valence-electron chi connectivity index (χ0n) is 8.45. The Balaban J connectivity index is 2.84. The summed E-state index contributed by atoms with van der Waals surface area (Å²) in [6, 6.07) is 1.54. The third-order valence-corrected chi connectivity index (χ3v) is 3.33. The van der Waals surface area contributed by atoms with E-state index in [4.69, 9.17) is 0 Å². The normalized spacial score (nSPS) is 10.9. The number of rotatable bonds is 1. The van der Waals surface area contributed by atoms with Crippen molar-refractivity contribution in [2.75, 3.05) is 0 Å². The van der Waals surface area contributed by atoms with Gasteiger partial charge in [-0.15, -0.1) is 11.3 Å². The first-order valence-electron chi connectivity index (χ1n) is 4.51. The summed E-state index contributed by atoms with van der Waals surface area (Å²) in [4.78, 5) is 0.0396. The highest BCUT2D eigenvalue weighted by Crippen LogP contribution is 2.36. The van der Waals surface area contributed by atoms with Gasteiger partial charge in [0, 0.05) is 4.88 Å². The van der Waals surface area contributed by atoms with E-state index in [9.17, 15) is 22.0 Å². The zero-order chi connectivity index (χ0) is 12.7. The first kappa shape index (κ1) is 12.0. The van der Waals surface area contributed by atoms with Crippen molar-refractivity contribution in [1.29, 1.82) is 0 Å². The van der Waals surface area contributed by atoms with Gasteiger partial charge in [0.1, 0.15) is 0 Å². The van der Waals surface area contributed by atoms with Crippen molar-refractivity contribution in [1.82, 2.24) is 0 Å². The molecule has 0 saturated carbocycles. The topological polar surface area (TPSA) is 0 Å². The van der Waals surface area contributed by atoms with Gasteiger partial charge in [-0.05, 0) is 23.9 Å². The highest BCUT2D eigenvalue weighted by atomic mass is 32.1. The lowest BCUT2D eigenvalue weighted by Crippen LogP contribution is -2.03. The van der Waals surface area contributed by atoms with Gasteiger partial charge < -0.3 is 0 Å². The van der Waals surface area contributed by atoms with Crippen LogP contribution in [-0.2, 0) is 0 Å². The molecule has 0 spiro atoms. The Hall–Kier alpha value is -1.43. The lowest BCUT2D eigenvalue weighted by atomic mass is 10.1. The second-order valence-electron chi connectivity index (χ2n) is 3.38. The number of halogens is 5. The van der Waals surface area contributed by atoms with E-state index >= 15 is 0 Å². The average molecular weight is 264 g/mol. The predicted molar refractivity (Wildman–Crippen MR) is 54.3 cm³/mol. The largest absolute Gasteiger partial charge is 0.203 e. The third-order valence-electron chi connectivity index (χ3n) is 2.30. The van der Waals surface area contributed by atoms with E-state index < -0.39 is 34.6 Å². The minimum atomic E-state index is -2.14. The highest BCUT2D eigenvalue weighted by Gasteiger charge is 2.27. The SMILES string of the molecule is Cc1ccsc1-c1c(F)c(F)c(F)c(F)c1F. The summed E-state index contributed by atoms with van der Waals surface area (Å²) in [7, 11) is 0. The molecule has 0 nitrogen and oxygen atoms in total. The molecule has 1 heterocycles. The van der Waals surface area contributed by atoms with Crippen molar-refractivity contribution < 1.29 is 22.0 Å². The predicted octanol–water partition coefficient (Wildman–Crippen LogP) is 4.42. The summed E-state index contributed by atoms with van der Waals surface area (Å²) in [6.45, 7) is 1.53. The fourth-order valence-corrected chi connectivity index (χ4v) is 2.39. The van der Waals surface area contributed by atoms with E-state index in [-0.39, 0.29) is 4.88 Å². The van der Waals surface area contributed by atoms with Gasteiger partial charge in [0.05, 0.1) is 5.56 Å². The molecule has 17 heavy (non-hydrogen) atoms. The van der Waals surface area contributed by atoms with Crippen LogP contribution in [-0.4, -0.2) is 0 Å². The van der Waals surface area contributed by atoms with Gasteiger partial charge >= 0.3 is 0 Å². The average Bonchev–Trinajstić information content (AvgIpc) is 2.71. The van der Waals surface area contributed by atoms with Gasteiger partial charge in [0.25, 0.3) is 0 Å². The molecule has 1 aromatic heterocycles. The molecule has 0 fully saturated rings. The van der Waals surface area contributed by atoms with Crippen molar-refractivity contribution in [2.24, 2.45) is 0 Å². The Labute approximate surface area is 97.3 Å². The van der Waals surface area contributed by atoms with Crippen molar-refractivity contribution in [3.8, 4) is 10.4 Å². The molecule has 1 aromatic carbocycles. The number of aryl methyl sites for hydroxylation is 1. The maximum Gasteiger partial charge on any atom is 0.200 e. The first-order valence-corrected chi connectivity index (χ1v) is 5.39. The second-order valence-corrected chi connectivity index (χ2v) is 4.29. The molecule has 0 radical (unpaired) electrons. The van der Waals surface area contributed by atoms with Crippen molar-refractivity contribution in [3.63, 3.8) is 0 Å². The Morgan fingerprint density at radius 2 is 1.29 bits per heavy atom. The van der Waals surface area contributed by atoms with Gasteiger partial charge in [0.15, 0.2) is 23.3 Å². The fraction of sp³-hybridized carbons (Fsp3) is 0.0909. The Morgan fingerprint density at radius 3 is 1.71 bits per heavy atom. The number of hydrogen-bond donors (Lipinski definition) is 0. The van der Waals surface area contributed by atoms with Gasteiger partial charge in [-0.2, -0.15) is 0 Å². The van der Waals surface area contributed by atoms with Gasteiger partial charge in [0.2, 0.25) is 5.82 Å². The van der Waals surface area contributed by atoms with E-state index in [1.165, 1.54) is 18.4 Å². The summed E-state index contributed by atoms with van der Waals surface area (Å²) < 4.78 is 65.6. The van der Waals surface area contributed by atoms with Crippen LogP contribution < -0.4 is 0 Å². The van der Waals surface area contributed by atoms with E-state index in [2.05, 4.69) is 0 Å². The summed E-state index contributed by atoms with van der Waals surface area (Å²) in [6.07, 6.45) is 0. The molecule has 0 aliphatic heterocycles. The summed E-state index contributed by atoms with van der Waals surface area (Å²) in [5, 5.41) is 1.52. The highest BCUT2D eigenvalue weighted by molar-refractivity contribution is 7.13. The molecule has 6 heteroatoms. The minimum absolute atomic E-state index is 0.0396. The Bertz CT molecular complexity index is 559. The molecular formula is C11H5F5S. The lowest BCUT2D eigenvalue weighted by molar-refractivity contribution is 0.381. The molecule has 0 amide bonds. The van der Waals surface area contributed by atoms with Gasteiger partial charge in [-0.25, -0.2) is 22.0 Å². The van der Waals surface area contributed by atoms with Crippen LogP contribution in [0.25, 0.3) is 10.4 Å². The molecule has 0 unspecified atom stereocenters. The van der Waals surface area contributed by atoms with Crippen molar-refractivity contribution >= 4 is 11.3 Å². The van der Waals surface area contributed by atoms with Crippen LogP contribution in [0.15, 0.2) is 11.4 Å². The fourth-order valence-electron chi connectivity index (χ4n) is 1.43. The van der Waals surface area contributed by atoms with E-state index in [1.54, 1.807) is 0 Å². The van der Waals surface area contributed by atoms with Crippen LogP contribution >= 0.6 is 11.3 Å². The molecule has 0 aliphatic rings. The minimum Gasteiger partial charge on any atom is -0.203 e. The van der Waals surface area contributed by atoms with Gasteiger partial charge in [-0.3, -0.25) is 0 Å². The summed E-state index contributed by atoms with van der Waals surface area (Å²) in [5.74, 6) is -9.59. The number of thiophene rings is 1. The molecule has 2 aromatic rings. The second kappa shape index (κ2) is 4.10. The Kier molecular flexibility index (Phi) is 2.91. The monoisotopic (exact) mass is 264 g/mol. The maximum atomic E-state index is 13.4. The van der Waals surface area contributed by atoms with Crippen molar-refractivity contribution in [2.45, 2.75) is 6.92 Å². The zero-order valence-corrected chi connectivity index (χ0v) is 9.27. The lowest BCUT2D eigenvalue weighted by Gasteiger charge is -2.07. The van der Waals surface area contributed by atoms with Crippen LogP contribution in [0.1, 0.15) is 5.56 Å².